The van der Waals surface area contributed by atoms with Gasteiger partial charge in [0, 0.05) is 39.4 Å². The lowest BCUT2D eigenvalue weighted by Gasteiger charge is -2.36. The van der Waals surface area contributed by atoms with Gasteiger partial charge in [0.15, 0.2) is 0 Å². The van der Waals surface area contributed by atoms with Crippen LogP contribution in [0.15, 0.2) is 370 Å². The maximum absolute atomic E-state index is 2.55. The van der Waals surface area contributed by atoms with Crippen LogP contribution in [0.25, 0.3) is 66.8 Å². The fourth-order valence-corrected chi connectivity index (χ4v) is 20.4. The molecular weight excluding hydrogens is 1290 g/mol. The second-order valence-electron chi connectivity index (χ2n) is 30.7. The van der Waals surface area contributed by atoms with Gasteiger partial charge in [-0.1, -0.05) is 328 Å². The molecule has 0 saturated heterocycles. The Balaban J connectivity index is 0.747. The SMILES string of the molecule is Cc1ccc2c(c1)C(c1ccccc1)(c1ccccc1)c1cc(N(c3ccc(-c4ccc(N(c5ccc6c(c5)-c5ccccc5C6(C)C)c5cccc6c5-c5ccccc5C65c6ccccc6-c6ccccc65)cc4)c(C)c3)c3ccc4c(c3)C(c3ccccc3)(c3ccccc3)c3cc(C)ccc3-4)ccc1-2. The highest BCUT2D eigenvalue weighted by Gasteiger charge is 2.53. The van der Waals surface area contributed by atoms with Crippen LogP contribution in [0.4, 0.5) is 34.1 Å². The summed E-state index contributed by atoms with van der Waals surface area (Å²) < 4.78 is 0. The Labute approximate surface area is 627 Å². The van der Waals surface area contributed by atoms with E-state index in [-0.39, 0.29) is 5.41 Å². The molecule has 0 saturated carbocycles. The molecule has 0 heterocycles. The van der Waals surface area contributed by atoms with Gasteiger partial charge in [0.25, 0.3) is 0 Å². The van der Waals surface area contributed by atoms with Gasteiger partial charge in [-0.25, -0.2) is 0 Å². The first-order chi connectivity index (χ1) is 52.6. The first-order valence-corrected chi connectivity index (χ1v) is 37.8. The lowest BCUT2D eigenvalue weighted by atomic mass is 9.67. The van der Waals surface area contributed by atoms with Crippen LogP contribution < -0.4 is 9.80 Å². The van der Waals surface area contributed by atoms with Crippen molar-refractivity contribution in [1.29, 1.82) is 0 Å². The van der Waals surface area contributed by atoms with E-state index in [2.05, 4.69) is 414 Å². The molecule has 0 unspecified atom stereocenters. The van der Waals surface area contributed by atoms with Crippen molar-refractivity contribution in [2.24, 2.45) is 0 Å². The van der Waals surface area contributed by atoms with Crippen molar-refractivity contribution < 1.29 is 0 Å². The third kappa shape index (κ3) is 8.76. The van der Waals surface area contributed by atoms with Gasteiger partial charge in [-0.2, -0.15) is 0 Å². The van der Waals surface area contributed by atoms with E-state index in [1.54, 1.807) is 0 Å². The average Bonchev–Trinajstić information content (AvgIpc) is 1.51. The molecule has 0 aliphatic heterocycles. The van der Waals surface area contributed by atoms with Crippen molar-refractivity contribution in [2.75, 3.05) is 9.80 Å². The molecule has 16 aromatic rings. The van der Waals surface area contributed by atoms with Gasteiger partial charge < -0.3 is 9.80 Å². The normalized spacial score (nSPS) is 14.5. The van der Waals surface area contributed by atoms with Crippen molar-refractivity contribution in [3.05, 3.63) is 465 Å². The standard InChI is InChI=1S/C105H76N2/c1-67-45-55-84-86-58-52-78(65-98(86)103(96(84)61-67,71-27-10-6-11-28-71)72-29-12-7-13-30-72)106(79-53-59-87-85-56-46-68(2)62-97(85)104(99(87)66-79,73-31-14-8-15-32-73)74-33-16-9-17-34-74)76-51-57-80(69(3)63-76)70-47-49-75(50-48-70)107(77-54-60-91-89(64-77)83-37-18-22-39-90(83)102(91,4)5)100-44-26-43-95-101(100)88-38-21-25-42-94(88)105(95)92-40-23-19-35-81(92)82-36-20-24-41-93(82)105/h6-66H,1-5H3. The summed E-state index contributed by atoms with van der Waals surface area (Å²) in [4.78, 5) is 5.09. The Hall–Kier alpha value is -12.9. The molecule has 0 fully saturated rings. The largest absolute Gasteiger partial charge is 0.310 e. The molecule has 5 aliphatic carbocycles. The molecule has 5 aliphatic rings. The van der Waals surface area contributed by atoms with Gasteiger partial charge in [0.2, 0.25) is 0 Å². The molecule has 1 spiro atoms. The van der Waals surface area contributed by atoms with Crippen LogP contribution in [-0.4, -0.2) is 0 Å². The van der Waals surface area contributed by atoms with E-state index in [1.165, 1.54) is 156 Å². The van der Waals surface area contributed by atoms with E-state index in [9.17, 15) is 0 Å². The minimum atomic E-state index is -0.611. The number of anilines is 6. The fourth-order valence-electron chi connectivity index (χ4n) is 20.4. The maximum Gasteiger partial charge on any atom is 0.0726 e. The molecule has 0 atom stereocenters. The predicted molar refractivity (Wildman–Crippen MR) is 444 cm³/mol. The lowest BCUT2D eigenvalue weighted by Crippen LogP contribution is -2.29. The summed E-state index contributed by atoms with van der Waals surface area (Å²) in [5, 5.41) is 0. The van der Waals surface area contributed by atoms with Gasteiger partial charge in [0.1, 0.15) is 0 Å². The van der Waals surface area contributed by atoms with Crippen molar-refractivity contribution >= 4 is 34.1 Å². The van der Waals surface area contributed by atoms with E-state index in [1.807, 2.05) is 0 Å². The molecule has 2 nitrogen and oxygen atoms in total. The van der Waals surface area contributed by atoms with Crippen LogP contribution in [0.5, 0.6) is 0 Å². The molecule has 2 heteroatoms. The van der Waals surface area contributed by atoms with Gasteiger partial charge in [0.05, 0.1) is 21.9 Å². The highest BCUT2D eigenvalue weighted by molar-refractivity contribution is 6.02. The van der Waals surface area contributed by atoms with Crippen LogP contribution in [0.1, 0.15) is 108 Å². The highest BCUT2D eigenvalue weighted by atomic mass is 15.2. The van der Waals surface area contributed by atoms with Crippen LogP contribution in [0, 0.1) is 20.8 Å². The first kappa shape index (κ1) is 62.7. The summed E-state index contributed by atoms with van der Waals surface area (Å²) in [5.74, 6) is 0. The Bertz CT molecular complexity index is 6010. The van der Waals surface area contributed by atoms with E-state index >= 15 is 0 Å². The quantitative estimate of drug-likeness (QED) is 0.127. The van der Waals surface area contributed by atoms with Crippen LogP contribution in [-0.2, 0) is 21.7 Å². The zero-order valence-electron chi connectivity index (χ0n) is 60.6. The highest BCUT2D eigenvalue weighted by Crippen LogP contribution is 2.66. The molecule has 21 rings (SSSR count). The number of aryl methyl sites for hydroxylation is 3. The Morgan fingerprint density at radius 1 is 0.206 bits per heavy atom. The summed E-state index contributed by atoms with van der Waals surface area (Å²) in [6.07, 6.45) is 0. The van der Waals surface area contributed by atoms with Crippen LogP contribution in [0.3, 0.4) is 0 Å². The van der Waals surface area contributed by atoms with Crippen LogP contribution >= 0.6 is 0 Å². The molecule has 0 aromatic heterocycles. The van der Waals surface area contributed by atoms with E-state index in [0.717, 1.165) is 39.7 Å². The molecule has 0 N–H and O–H groups in total. The molecule has 107 heavy (non-hydrogen) atoms. The zero-order chi connectivity index (χ0) is 71.5. The lowest BCUT2D eigenvalue weighted by molar-refractivity contribution is 0.660. The van der Waals surface area contributed by atoms with Crippen molar-refractivity contribution in [3.63, 3.8) is 0 Å². The van der Waals surface area contributed by atoms with Gasteiger partial charge in [-0.15, -0.1) is 0 Å². The monoisotopic (exact) mass is 1360 g/mol. The molecular formula is C105H76N2. The second-order valence-corrected chi connectivity index (χ2v) is 30.7. The van der Waals surface area contributed by atoms with Crippen molar-refractivity contribution in [2.45, 2.75) is 56.3 Å². The number of hydrogen-bond donors (Lipinski definition) is 0. The Kier molecular flexibility index (Phi) is 13.8. The molecule has 0 amide bonds. The van der Waals surface area contributed by atoms with Gasteiger partial charge >= 0.3 is 0 Å². The van der Waals surface area contributed by atoms with Gasteiger partial charge in [-0.3, -0.25) is 0 Å². The molecule has 0 radical (unpaired) electrons. The summed E-state index contributed by atoms with van der Waals surface area (Å²) >= 11 is 0. The van der Waals surface area contributed by atoms with Gasteiger partial charge in [-0.05, 0) is 232 Å². The predicted octanol–water partition coefficient (Wildman–Crippen LogP) is 26.6. The maximum atomic E-state index is 2.55. The third-order valence-electron chi connectivity index (χ3n) is 24.9. The minimum Gasteiger partial charge on any atom is -0.310 e. The summed E-state index contributed by atoms with van der Waals surface area (Å²) in [5.41, 5.74) is 41.6. The van der Waals surface area contributed by atoms with E-state index in [4.69, 9.17) is 0 Å². The van der Waals surface area contributed by atoms with E-state index < -0.39 is 16.2 Å². The molecule has 0 bridgehead atoms. The smallest absolute Gasteiger partial charge is 0.0726 e. The average molecular weight is 1370 g/mol. The number of nitrogens with zero attached hydrogens (tertiary/aromatic N) is 2. The number of rotatable bonds is 11. The topological polar surface area (TPSA) is 6.48 Å². The molecule has 16 aromatic carbocycles. The van der Waals surface area contributed by atoms with E-state index in [0.29, 0.717) is 0 Å². The number of fused-ring (bicyclic) bond motifs is 19. The Morgan fingerprint density at radius 3 is 1.04 bits per heavy atom. The number of benzene rings is 16. The first-order valence-electron chi connectivity index (χ1n) is 37.8. The summed E-state index contributed by atoms with van der Waals surface area (Å²) in [6, 6.07) is 141. The third-order valence-corrected chi connectivity index (χ3v) is 24.9. The minimum absolute atomic E-state index is 0.142. The zero-order valence-corrected chi connectivity index (χ0v) is 60.6. The van der Waals surface area contributed by atoms with Crippen LogP contribution in [0.2, 0.25) is 0 Å². The fraction of sp³-hybridized carbons (Fsp3) is 0.0857. The summed E-state index contributed by atoms with van der Waals surface area (Å²) in [6.45, 7) is 11.5. The Morgan fingerprint density at radius 2 is 0.551 bits per heavy atom. The van der Waals surface area contributed by atoms with Crippen molar-refractivity contribution in [1.82, 2.24) is 0 Å². The second kappa shape index (κ2) is 23.6. The van der Waals surface area contributed by atoms with Crippen molar-refractivity contribution in [3.8, 4) is 66.8 Å². The molecule has 506 valence electrons. The summed E-state index contributed by atoms with van der Waals surface area (Å²) in [7, 11) is 0. The number of hydrogen-bond acceptors (Lipinski definition) is 2.